The molecule has 0 aliphatic rings. The van der Waals surface area contributed by atoms with Gasteiger partial charge < -0.3 is 9.84 Å². The molecule has 0 aliphatic carbocycles. The van der Waals surface area contributed by atoms with Crippen molar-refractivity contribution in [2.45, 2.75) is 58.3 Å². The van der Waals surface area contributed by atoms with Crippen LogP contribution in [0.25, 0.3) is 0 Å². The topological polar surface area (TPSA) is 46.5 Å². The molecule has 0 atom stereocenters. The summed E-state index contributed by atoms with van der Waals surface area (Å²) in [5, 5.41) is 9.38. The number of hydrogen-bond acceptors (Lipinski definition) is 3. The normalized spacial score (nSPS) is 10.4. The maximum atomic E-state index is 10.7. The van der Waals surface area contributed by atoms with Crippen LogP contribution in [0.3, 0.4) is 0 Å². The number of unbranched alkanes of at least 4 members (excludes halogenated alkanes) is 7. The summed E-state index contributed by atoms with van der Waals surface area (Å²) in [6, 6.07) is 4.76. The minimum Gasteiger partial charge on any atom is -0.507 e. The molecule has 0 saturated heterocycles. The van der Waals surface area contributed by atoms with Gasteiger partial charge in [0.15, 0.2) is 6.29 Å². The number of aldehydes is 1. The molecule has 1 aromatic carbocycles. The van der Waals surface area contributed by atoms with Gasteiger partial charge >= 0.3 is 0 Å². The van der Waals surface area contributed by atoms with Crippen LogP contribution in [-0.2, 0) is 0 Å². The molecule has 0 heterocycles. The fourth-order valence-corrected chi connectivity index (χ4v) is 2.14. The molecule has 0 bridgehead atoms. The van der Waals surface area contributed by atoms with Crippen LogP contribution in [0.4, 0.5) is 0 Å². The Bertz CT molecular complexity index is 388. The highest BCUT2D eigenvalue weighted by Gasteiger charge is 2.02. The lowest BCUT2D eigenvalue weighted by atomic mass is 10.1. The number of phenols is 1. The van der Waals surface area contributed by atoms with Crippen LogP contribution in [-0.4, -0.2) is 18.0 Å². The zero-order valence-corrected chi connectivity index (χ0v) is 12.4. The molecule has 1 aromatic rings. The van der Waals surface area contributed by atoms with Crippen molar-refractivity contribution in [3.05, 3.63) is 23.8 Å². The highest BCUT2D eigenvalue weighted by atomic mass is 16.5. The van der Waals surface area contributed by atoms with Crippen molar-refractivity contribution < 1.29 is 14.6 Å². The molecular weight excluding hydrogens is 252 g/mol. The zero-order chi connectivity index (χ0) is 14.6. The van der Waals surface area contributed by atoms with Gasteiger partial charge in [-0.15, -0.1) is 0 Å². The van der Waals surface area contributed by atoms with Crippen LogP contribution in [0, 0.1) is 0 Å². The van der Waals surface area contributed by atoms with Crippen molar-refractivity contribution >= 4 is 6.29 Å². The Balaban J connectivity index is 2.08. The van der Waals surface area contributed by atoms with Crippen molar-refractivity contribution in [3.63, 3.8) is 0 Å². The molecule has 0 aliphatic heterocycles. The standard InChI is InChI=1S/C17H26O3/c1-2-3-4-5-6-7-8-9-12-20-16-10-11-17(19)15(13-16)14-18/h10-11,13-14,19H,2-9,12H2,1H3. The van der Waals surface area contributed by atoms with Gasteiger partial charge in [0.25, 0.3) is 0 Å². The lowest BCUT2D eigenvalue weighted by molar-refractivity contribution is 0.112. The molecule has 0 fully saturated rings. The van der Waals surface area contributed by atoms with E-state index in [-0.39, 0.29) is 11.3 Å². The van der Waals surface area contributed by atoms with Crippen molar-refractivity contribution in [2.24, 2.45) is 0 Å². The molecule has 3 heteroatoms. The molecular formula is C17H26O3. The number of rotatable bonds is 11. The van der Waals surface area contributed by atoms with E-state index in [1.807, 2.05) is 0 Å². The van der Waals surface area contributed by atoms with Gasteiger partial charge in [-0.3, -0.25) is 4.79 Å². The van der Waals surface area contributed by atoms with E-state index in [9.17, 15) is 9.90 Å². The largest absolute Gasteiger partial charge is 0.507 e. The van der Waals surface area contributed by atoms with E-state index >= 15 is 0 Å². The predicted octanol–water partition coefficient (Wildman–Crippen LogP) is 4.72. The van der Waals surface area contributed by atoms with E-state index in [2.05, 4.69) is 6.92 Å². The van der Waals surface area contributed by atoms with Crippen molar-refractivity contribution in [1.82, 2.24) is 0 Å². The van der Waals surface area contributed by atoms with E-state index in [4.69, 9.17) is 4.74 Å². The molecule has 0 spiro atoms. The second-order valence-electron chi connectivity index (χ2n) is 5.16. The first-order chi connectivity index (χ1) is 9.77. The van der Waals surface area contributed by atoms with Gasteiger partial charge in [-0.2, -0.15) is 0 Å². The lowest BCUT2D eigenvalue weighted by Crippen LogP contribution is -1.98. The molecule has 20 heavy (non-hydrogen) atoms. The summed E-state index contributed by atoms with van der Waals surface area (Å²) in [6.45, 7) is 2.90. The molecule has 3 nitrogen and oxygen atoms in total. The molecule has 0 saturated carbocycles. The highest BCUT2D eigenvalue weighted by Crippen LogP contribution is 2.21. The number of carbonyl (C=O) groups excluding carboxylic acids is 1. The smallest absolute Gasteiger partial charge is 0.153 e. The quantitative estimate of drug-likeness (QED) is 0.470. The van der Waals surface area contributed by atoms with Crippen molar-refractivity contribution in [2.75, 3.05) is 6.61 Å². The van der Waals surface area contributed by atoms with Crippen LogP contribution < -0.4 is 4.74 Å². The molecule has 0 aromatic heterocycles. The van der Waals surface area contributed by atoms with Gasteiger partial charge in [0.2, 0.25) is 0 Å². The highest BCUT2D eigenvalue weighted by molar-refractivity contribution is 5.79. The summed E-state index contributed by atoms with van der Waals surface area (Å²) in [6.07, 6.45) is 10.8. The van der Waals surface area contributed by atoms with Crippen molar-refractivity contribution in [1.29, 1.82) is 0 Å². The molecule has 1 rings (SSSR count). The summed E-state index contributed by atoms with van der Waals surface area (Å²) in [5.74, 6) is 0.646. The third-order valence-corrected chi connectivity index (χ3v) is 3.39. The zero-order valence-electron chi connectivity index (χ0n) is 12.4. The summed E-state index contributed by atoms with van der Waals surface area (Å²) < 4.78 is 5.58. The first kappa shape index (κ1) is 16.5. The molecule has 0 radical (unpaired) electrons. The fraction of sp³-hybridized carbons (Fsp3) is 0.588. The maximum Gasteiger partial charge on any atom is 0.153 e. The van der Waals surface area contributed by atoms with E-state index in [1.165, 1.54) is 51.0 Å². The van der Waals surface area contributed by atoms with Gasteiger partial charge in [-0.05, 0) is 24.6 Å². The molecule has 0 amide bonds. The second-order valence-corrected chi connectivity index (χ2v) is 5.16. The Labute approximate surface area is 122 Å². The van der Waals surface area contributed by atoms with Crippen LogP contribution in [0.2, 0.25) is 0 Å². The van der Waals surface area contributed by atoms with Gasteiger partial charge in [-0.1, -0.05) is 51.9 Å². The fourth-order valence-electron chi connectivity index (χ4n) is 2.14. The van der Waals surface area contributed by atoms with Crippen LogP contribution in [0.1, 0.15) is 68.6 Å². The van der Waals surface area contributed by atoms with Crippen LogP contribution in [0.15, 0.2) is 18.2 Å². The first-order valence-electron chi connectivity index (χ1n) is 7.69. The Morgan fingerprint density at radius 2 is 1.70 bits per heavy atom. The minimum absolute atomic E-state index is 0.000528. The van der Waals surface area contributed by atoms with Gasteiger partial charge in [0.1, 0.15) is 11.5 Å². The van der Waals surface area contributed by atoms with Gasteiger partial charge in [0, 0.05) is 0 Å². The van der Waals surface area contributed by atoms with Gasteiger partial charge in [0.05, 0.1) is 12.2 Å². The van der Waals surface area contributed by atoms with Gasteiger partial charge in [-0.25, -0.2) is 0 Å². The lowest BCUT2D eigenvalue weighted by Gasteiger charge is -2.07. The summed E-state index contributed by atoms with van der Waals surface area (Å²) in [5.41, 5.74) is 0.276. The average Bonchev–Trinajstić information content (AvgIpc) is 2.47. The Morgan fingerprint density at radius 1 is 1.05 bits per heavy atom. The van der Waals surface area contributed by atoms with E-state index in [0.717, 1.165) is 6.42 Å². The van der Waals surface area contributed by atoms with E-state index in [1.54, 1.807) is 12.1 Å². The van der Waals surface area contributed by atoms with Crippen LogP contribution >= 0.6 is 0 Å². The minimum atomic E-state index is -0.000528. The predicted molar refractivity (Wildman–Crippen MR) is 81.6 cm³/mol. The SMILES string of the molecule is CCCCCCCCCCOc1ccc(O)c(C=O)c1. The number of phenolic OH excluding ortho intramolecular Hbond substituents is 1. The van der Waals surface area contributed by atoms with Crippen LogP contribution in [0.5, 0.6) is 11.5 Å². The number of ether oxygens (including phenoxy) is 1. The number of aromatic hydroxyl groups is 1. The average molecular weight is 278 g/mol. The Kier molecular flexibility index (Phi) is 8.52. The number of hydrogen-bond donors (Lipinski definition) is 1. The second kappa shape index (κ2) is 10.3. The number of benzene rings is 1. The first-order valence-corrected chi connectivity index (χ1v) is 7.69. The monoisotopic (exact) mass is 278 g/mol. The van der Waals surface area contributed by atoms with E-state index < -0.39 is 0 Å². The summed E-state index contributed by atoms with van der Waals surface area (Å²) in [4.78, 5) is 10.7. The molecule has 1 N–H and O–H groups in total. The summed E-state index contributed by atoms with van der Waals surface area (Å²) >= 11 is 0. The number of carbonyl (C=O) groups is 1. The van der Waals surface area contributed by atoms with Crippen molar-refractivity contribution in [3.8, 4) is 11.5 Å². The van der Waals surface area contributed by atoms with E-state index in [0.29, 0.717) is 18.6 Å². The summed E-state index contributed by atoms with van der Waals surface area (Å²) in [7, 11) is 0. The molecule has 112 valence electrons. The third kappa shape index (κ3) is 6.60. The third-order valence-electron chi connectivity index (χ3n) is 3.39. The molecule has 0 unspecified atom stereocenters. The Hall–Kier alpha value is -1.51. The Morgan fingerprint density at radius 3 is 2.35 bits per heavy atom. The maximum absolute atomic E-state index is 10.7.